The molecule has 0 bridgehead atoms. The Labute approximate surface area is 159 Å². The zero-order valence-corrected chi connectivity index (χ0v) is 15.5. The van der Waals surface area contributed by atoms with E-state index in [1.807, 2.05) is 30.0 Å². The Kier molecular flexibility index (Phi) is 5.87. The van der Waals surface area contributed by atoms with Gasteiger partial charge in [0.15, 0.2) is 0 Å². The van der Waals surface area contributed by atoms with Crippen molar-refractivity contribution in [1.82, 2.24) is 9.80 Å². The van der Waals surface area contributed by atoms with Gasteiger partial charge in [0.1, 0.15) is 0 Å². The predicted molar refractivity (Wildman–Crippen MR) is 103 cm³/mol. The molecule has 0 aromatic heterocycles. The monoisotopic (exact) mass is 361 g/mol. The summed E-state index contributed by atoms with van der Waals surface area (Å²) >= 11 is 0. The van der Waals surface area contributed by atoms with Crippen LogP contribution < -0.4 is 0 Å². The van der Waals surface area contributed by atoms with Crippen LogP contribution in [-0.2, 0) is 11.2 Å². The van der Waals surface area contributed by atoms with Gasteiger partial charge in [-0.15, -0.1) is 0 Å². The molecule has 3 rings (SSSR count). The van der Waals surface area contributed by atoms with Crippen molar-refractivity contribution in [1.29, 1.82) is 5.26 Å². The molecule has 5 heteroatoms. The lowest BCUT2D eigenvalue weighted by Crippen LogP contribution is -2.50. The molecule has 1 aliphatic heterocycles. The molecule has 0 radical (unpaired) electrons. The van der Waals surface area contributed by atoms with E-state index in [2.05, 4.69) is 12.1 Å². The fraction of sp³-hybridized carbons (Fsp3) is 0.318. The van der Waals surface area contributed by atoms with Gasteiger partial charge in [0.05, 0.1) is 11.6 Å². The summed E-state index contributed by atoms with van der Waals surface area (Å²) in [6, 6.07) is 17.0. The highest BCUT2D eigenvalue weighted by Crippen LogP contribution is 2.13. The van der Waals surface area contributed by atoms with Crippen molar-refractivity contribution in [3.63, 3.8) is 0 Å². The molecule has 2 amide bonds. The second-order valence-corrected chi connectivity index (χ2v) is 6.85. The topological polar surface area (TPSA) is 64.4 Å². The minimum atomic E-state index is -0.0843. The second kappa shape index (κ2) is 8.50. The molecular formula is C22H23N3O2. The van der Waals surface area contributed by atoms with E-state index in [0.29, 0.717) is 43.7 Å². The van der Waals surface area contributed by atoms with Crippen LogP contribution in [0.4, 0.5) is 0 Å². The summed E-state index contributed by atoms with van der Waals surface area (Å²) in [4.78, 5) is 28.7. The van der Waals surface area contributed by atoms with Crippen LogP contribution in [0.2, 0.25) is 0 Å². The Morgan fingerprint density at radius 3 is 2.41 bits per heavy atom. The van der Waals surface area contributed by atoms with Crippen LogP contribution in [0.15, 0.2) is 48.5 Å². The first-order valence-corrected chi connectivity index (χ1v) is 9.19. The Morgan fingerprint density at radius 2 is 1.70 bits per heavy atom. The normalized spacial score (nSPS) is 13.9. The third-order valence-electron chi connectivity index (χ3n) is 4.87. The van der Waals surface area contributed by atoms with Gasteiger partial charge in [-0.3, -0.25) is 9.59 Å². The number of benzene rings is 2. The van der Waals surface area contributed by atoms with Gasteiger partial charge in [-0.05, 0) is 37.1 Å². The van der Waals surface area contributed by atoms with Crippen molar-refractivity contribution in [3.05, 3.63) is 70.8 Å². The maximum absolute atomic E-state index is 12.6. The summed E-state index contributed by atoms with van der Waals surface area (Å²) in [5.41, 5.74) is 3.38. The SMILES string of the molecule is Cc1cccc(CCC(=O)N2CCN(C(=O)c3cccc(C#N)c3)CC2)c1. The van der Waals surface area contributed by atoms with Crippen LogP contribution in [0.5, 0.6) is 0 Å². The molecule has 138 valence electrons. The maximum Gasteiger partial charge on any atom is 0.254 e. The molecule has 2 aromatic carbocycles. The number of piperazine rings is 1. The van der Waals surface area contributed by atoms with Gasteiger partial charge >= 0.3 is 0 Å². The van der Waals surface area contributed by atoms with Crippen LogP contribution in [0, 0.1) is 18.3 Å². The summed E-state index contributed by atoms with van der Waals surface area (Å²) < 4.78 is 0. The second-order valence-electron chi connectivity index (χ2n) is 6.85. The van der Waals surface area contributed by atoms with Crippen molar-refractivity contribution in [3.8, 4) is 6.07 Å². The van der Waals surface area contributed by atoms with E-state index in [-0.39, 0.29) is 11.8 Å². The van der Waals surface area contributed by atoms with E-state index >= 15 is 0 Å². The quantitative estimate of drug-likeness (QED) is 0.841. The van der Waals surface area contributed by atoms with Gasteiger partial charge in [-0.25, -0.2) is 0 Å². The van der Waals surface area contributed by atoms with Gasteiger partial charge in [0.2, 0.25) is 5.91 Å². The van der Waals surface area contributed by atoms with Gasteiger partial charge in [-0.1, -0.05) is 35.9 Å². The number of carbonyl (C=O) groups is 2. The van der Waals surface area contributed by atoms with Gasteiger partial charge in [-0.2, -0.15) is 5.26 Å². The van der Waals surface area contributed by atoms with E-state index in [0.717, 1.165) is 6.42 Å². The smallest absolute Gasteiger partial charge is 0.254 e. The van der Waals surface area contributed by atoms with Crippen molar-refractivity contribution in [2.24, 2.45) is 0 Å². The maximum atomic E-state index is 12.6. The lowest BCUT2D eigenvalue weighted by molar-refractivity contribution is -0.132. The molecule has 0 spiro atoms. The Bertz CT molecular complexity index is 877. The third kappa shape index (κ3) is 4.73. The molecule has 5 nitrogen and oxygen atoms in total. The highest BCUT2D eigenvalue weighted by molar-refractivity contribution is 5.94. The fourth-order valence-corrected chi connectivity index (χ4v) is 3.34. The van der Waals surface area contributed by atoms with Crippen LogP contribution in [0.1, 0.15) is 33.5 Å². The minimum Gasteiger partial charge on any atom is -0.339 e. The third-order valence-corrected chi connectivity index (χ3v) is 4.87. The van der Waals surface area contributed by atoms with E-state index < -0.39 is 0 Å². The summed E-state index contributed by atoms with van der Waals surface area (Å²) in [5.74, 6) is 0.0500. The van der Waals surface area contributed by atoms with Crippen LogP contribution in [0.3, 0.4) is 0 Å². The molecule has 0 saturated carbocycles. The number of carbonyl (C=O) groups excluding carboxylic acids is 2. The van der Waals surface area contributed by atoms with E-state index in [4.69, 9.17) is 5.26 Å². The predicted octanol–water partition coefficient (Wildman–Crippen LogP) is 2.78. The highest BCUT2D eigenvalue weighted by atomic mass is 16.2. The summed E-state index contributed by atoms with van der Waals surface area (Å²) in [7, 11) is 0. The van der Waals surface area contributed by atoms with Crippen LogP contribution >= 0.6 is 0 Å². The van der Waals surface area contributed by atoms with E-state index in [1.165, 1.54) is 11.1 Å². The molecule has 27 heavy (non-hydrogen) atoms. The number of rotatable bonds is 4. The molecule has 2 aromatic rings. The van der Waals surface area contributed by atoms with Gasteiger partial charge in [0.25, 0.3) is 5.91 Å². The lowest BCUT2D eigenvalue weighted by atomic mass is 10.1. The van der Waals surface area contributed by atoms with Crippen molar-refractivity contribution in [2.75, 3.05) is 26.2 Å². The standard InChI is InChI=1S/C22H23N3O2/c1-17-4-2-5-18(14-17)8-9-21(26)24-10-12-25(13-11-24)22(27)20-7-3-6-19(15-20)16-23/h2-7,14-15H,8-13H2,1H3. The zero-order chi connectivity index (χ0) is 19.2. The molecular weight excluding hydrogens is 338 g/mol. The molecule has 0 atom stereocenters. The van der Waals surface area contributed by atoms with Crippen LogP contribution in [0.25, 0.3) is 0 Å². The molecule has 1 heterocycles. The lowest BCUT2D eigenvalue weighted by Gasteiger charge is -2.35. The van der Waals surface area contributed by atoms with Crippen LogP contribution in [-0.4, -0.2) is 47.8 Å². The summed E-state index contributed by atoms with van der Waals surface area (Å²) in [6.45, 7) is 4.19. The summed E-state index contributed by atoms with van der Waals surface area (Å²) in [6.07, 6.45) is 1.22. The average Bonchev–Trinajstić information content (AvgIpc) is 2.71. The van der Waals surface area contributed by atoms with Gasteiger partial charge < -0.3 is 9.80 Å². The fourth-order valence-electron chi connectivity index (χ4n) is 3.34. The van der Waals surface area contributed by atoms with E-state index in [1.54, 1.807) is 29.2 Å². The number of nitriles is 1. The average molecular weight is 361 g/mol. The first-order chi connectivity index (χ1) is 13.1. The van der Waals surface area contributed by atoms with Gasteiger partial charge in [0, 0.05) is 38.2 Å². The number of amides is 2. The Morgan fingerprint density at radius 1 is 1.00 bits per heavy atom. The molecule has 1 saturated heterocycles. The van der Waals surface area contributed by atoms with Crippen molar-refractivity contribution in [2.45, 2.75) is 19.8 Å². The molecule has 0 N–H and O–H groups in total. The first-order valence-electron chi connectivity index (χ1n) is 9.19. The first kappa shape index (κ1) is 18.7. The largest absolute Gasteiger partial charge is 0.339 e. The van der Waals surface area contributed by atoms with Crippen molar-refractivity contribution < 1.29 is 9.59 Å². The minimum absolute atomic E-state index is 0.0843. The molecule has 0 aliphatic carbocycles. The van der Waals surface area contributed by atoms with E-state index in [9.17, 15) is 9.59 Å². The highest BCUT2D eigenvalue weighted by Gasteiger charge is 2.24. The Hall–Kier alpha value is -3.13. The summed E-state index contributed by atoms with van der Waals surface area (Å²) in [5, 5.41) is 8.98. The molecule has 1 aliphatic rings. The molecule has 0 unspecified atom stereocenters. The number of nitrogens with zero attached hydrogens (tertiary/aromatic N) is 3. The Balaban J connectivity index is 1.51. The number of hydrogen-bond donors (Lipinski definition) is 0. The van der Waals surface area contributed by atoms with Crippen molar-refractivity contribution >= 4 is 11.8 Å². The number of aryl methyl sites for hydroxylation is 2. The number of hydrogen-bond acceptors (Lipinski definition) is 3. The zero-order valence-electron chi connectivity index (χ0n) is 15.5. The molecule has 1 fully saturated rings.